The van der Waals surface area contributed by atoms with Gasteiger partial charge in [0.15, 0.2) is 0 Å². The number of hydrogen-bond acceptors (Lipinski definition) is 4. The molecule has 0 spiro atoms. The molecule has 0 aromatic rings. The summed E-state index contributed by atoms with van der Waals surface area (Å²) in [6, 6.07) is 1.81. The number of rotatable bonds is 6. The van der Waals surface area contributed by atoms with Crippen molar-refractivity contribution in [1.29, 1.82) is 5.26 Å². The first-order valence-corrected chi connectivity index (χ1v) is 4.79. The molecule has 0 aliphatic heterocycles. The summed E-state index contributed by atoms with van der Waals surface area (Å²) in [6.45, 7) is 0.317. The van der Waals surface area contributed by atoms with E-state index in [2.05, 4.69) is 10.6 Å². The minimum Gasteiger partial charge on any atom is -0.395 e. The lowest BCUT2D eigenvalue weighted by Crippen LogP contribution is -2.36. The second-order valence-corrected chi connectivity index (χ2v) is 3.41. The van der Waals surface area contributed by atoms with Crippen LogP contribution in [-0.2, 0) is 4.79 Å². The molecule has 0 heterocycles. The lowest BCUT2D eigenvalue weighted by atomic mass is 10.2. The number of nitriles is 1. The van der Waals surface area contributed by atoms with E-state index in [0.717, 1.165) is 12.8 Å². The number of nitrogens with one attached hydrogen (secondary N) is 2. The van der Waals surface area contributed by atoms with Crippen molar-refractivity contribution in [1.82, 2.24) is 10.6 Å². The van der Waals surface area contributed by atoms with E-state index in [-0.39, 0.29) is 18.9 Å². The molecule has 0 aromatic carbocycles. The topological polar surface area (TPSA) is 85.2 Å². The SMILES string of the molecule is N#CC(CC(=O)NC1CC1)NCCO. The van der Waals surface area contributed by atoms with Gasteiger partial charge in [-0.2, -0.15) is 5.26 Å². The van der Waals surface area contributed by atoms with Crippen molar-refractivity contribution in [2.45, 2.75) is 31.3 Å². The molecule has 5 nitrogen and oxygen atoms in total. The van der Waals surface area contributed by atoms with Crippen LogP contribution in [0.2, 0.25) is 0 Å². The smallest absolute Gasteiger partial charge is 0.222 e. The molecule has 3 N–H and O–H groups in total. The fourth-order valence-electron chi connectivity index (χ4n) is 1.10. The second kappa shape index (κ2) is 5.58. The molecular formula is C9H15N3O2. The number of carbonyl (C=O) groups is 1. The first-order valence-electron chi connectivity index (χ1n) is 4.79. The lowest BCUT2D eigenvalue weighted by Gasteiger charge is -2.09. The zero-order valence-corrected chi connectivity index (χ0v) is 7.99. The summed E-state index contributed by atoms with van der Waals surface area (Å²) in [5, 5.41) is 22.8. The van der Waals surface area contributed by atoms with Crippen LogP contribution in [0.3, 0.4) is 0 Å². The molecule has 1 atom stereocenters. The molecule has 1 amide bonds. The standard InChI is InChI=1S/C9H15N3O2/c10-6-8(11-3-4-13)5-9(14)12-7-1-2-7/h7-8,11,13H,1-5H2,(H,12,14). The summed E-state index contributed by atoms with van der Waals surface area (Å²) >= 11 is 0. The van der Waals surface area contributed by atoms with Crippen LogP contribution >= 0.6 is 0 Å². The molecule has 1 unspecified atom stereocenters. The van der Waals surface area contributed by atoms with E-state index in [1.54, 1.807) is 0 Å². The normalized spacial score (nSPS) is 17.1. The predicted octanol–water partition coefficient (Wildman–Crippen LogP) is -0.871. The summed E-state index contributed by atoms with van der Waals surface area (Å²) in [5.74, 6) is -0.0931. The van der Waals surface area contributed by atoms with Gasteiger partial charge in [0.1, 0.15) is 6.04 Å². The van der Waals surface area contributed by atoms with Crippen molar-refractivity contribution in [3.05, 3.63) is 0 Å². The number of carbonyl (C=O) groups excluding carboxylic acids is 1. The van der Waals surface area contributed by atoms with E-state index in [1.165, 1.54) is 0 Å². The van der Waals surface area contributed by atoms with E-state index in [0.29, 0.717) is 12.6 Å². The Morgan fingerprint density at radius 3 is 2.86 bits per heavy atom. The van der Waals surface area contributed by atoms with Crippen molar-refractivity contribution in [2.24, 2.45) is 0 Å². The van der Waals surface area contributed by atoms with Crippen LogP contribution in [0, 0.1) is 11.3 Å². The van der Waals surface area contributed by atoms with E-state index in [9.17, 15) is 4.79 Å². The summed E-state index contributed by atoms with van der Waals surface area (Å²) in [6.07, 6.45) is 2.26. The van der Waals surface area contributed by atoms with Crippen LogP contribution in [0.25, 0.3) is 0 Å². The maximum Gasteiger partial charge on any atom is 0.222 e. The van der Waals surface area contributed by atoms with Crippen molar-refractivity contribution in [3.8, 4) is 6.07 Å². The largest absolute Gasteiger partial charge is 0.395 e. The Hall–Kier alpha value is -1.12. The van der Waals surface area contributed by atoms with Crippen LogP contribution in [0.4, 0.5) is 0 Å². The fraction of sp³-hybridized carbons (Fsp3) is 0.778. The molecule has 14 heavy (non-hydrogen) atoms. The van der Waals surface area contributed by atoms with Gasteiger partial charge in [0.25, 0.3) is 0 Å². The van der Waals surface area contributed by atoms with Gasteiger partial charge < -0.3 is 10.4 Å². The first kappa shape index (κ1) is 11.0. The van der Waals surface area contributed by atoms with Crippen LogP contribution < -0.4 is 10.6 Å². The average Bonchev–Trinajstić information content (AvgIpc) is 2.95. The van der Waals surface area contributed by atoms with Gasteiger partial charge in [0.05, 0.1) is 19.1 Å². The third kappa shape index (κ3) is 4.21. The minimum absolute atomic E-state index is 0.0254. The predicted molar refractivity (Wildman–Crippen MR) is 50.3 cm³/mol. The highest BCUT2D eigenvalue weighted by Crippen LogP contribution is 2.18. The van der Waals surface area contributed by atoms with Crippen molar-refractivity contribution < 1.29 is 9.90 Å². The molecule has 78 valence electrons. The monoisotopic (exact) mass is 197 g/mol. The highest BCUT2D eigenvalue weighted by molar-refractivity contribution is 5.77. The van der Waals surface area contributed by atoms with Gasteiger partial charge >= 0.3 is 0 Å². The Bertz CT molecular complexity index is 233. The lowest BCUT2D eigenvalue weighted by molar-refractivity contribution is -0.121. The molecule has 1 aliphatic carbocycles. The van der Waals surface area contributed by atoms with Crippen molar-refractivity contribution in [2.75, 3.05) is 13.2 Å². The quantitative estimate of drug-likeness (QED) is 0.516. The zero-order chi connectivity index (χ0) is 10.4. The number of amides is 1. The Labute approximate surface area is 83.1 Å². The van der Waals surface area contributed by atoms with Gasteiger partial charge in [0, 0.05) is 12.6 Å². The molecule has 0 radical (unpaired) electrons. The molecule has 0 aromatic heterocycles. The van der Waals surface area contributed by atoms with Gasteiger partial charge in [-0.3, -0.25) is 10.1 Å². The van der Waals surface area contributed by atoms with Gasteiger partial charge in [0.2, 0.25) is 5.91 Å². The molecule has 1 aliphatic rings. The summed E-state index contributed by atoms with van der Waals surface area (Å²) in [4.78, 5) is 11.3. The number of nitrogens with zero attached hydrogens (tertiary/aromatic N) is 1. The molecule has 5 heteroatoms. The van der Waals surface area contributed by atoms with E-state index in [4.69, 9.17) is 10.4 Å². The molecule has 1 saturated carbocycles. The summed E-state index contributed by atoms with van der Waals surface area (Å²) in [7, 11) is 0. The van der Waals surface area contributed by atoms with E-state index < -0.39 is 6.04 Å². The highest BCUT2D eigenvalue weighted by Gasteiger charge is 2.24. The van der Waals surface area contributed by atoms with Crippen LogP contribution in [0.5, 0.6) is 0 Å². The van der Waals surface area contributed by atoms with E-state index >= 15 is 0 Å². The summed E-state index contributed by atoms with van der Waals surface area (Å²) < 4.78 is 0. The third-order valence-electron chi connectivity index (χ3n) is 1.99. The Morgan fingerprint density at radius 1 is 1.64 bits per heavy atom. The van der Waals surface area contributed by atoms with E-state index in [1.807, 2.05) is 6.07 Å². The van der Waals surface area contributed by atoms with Crippen molar-refractivity contribution >= 4 is 5.91 Å². The van der Waals surface area contributed by atoms with Crippen molar-refractivity contribution in [3.63, 3.8) is 0 Å². The fourth-order valence-corrected chi connectivity index (χ4v) is 1.10. The second-order valence-electron chi connectivity index (χ2n) is 3.41. The Morgan fingerprint density at radius 2 is 2.36 bits per heavy atom. The summed E-state index contributed by atoms with van der Waals surface area (Å²) in [5.41, 5.74) is 0. The average molecular weight is 197 g/mol. The zero-order valence-electron chi connectivity index (χ0n) is 7.99. The van der Waals surface area contributed by atoms with Crippen LogP contribution in [0.1, 0.15) is 19.3 Å². The maximum absolute atomic E-state index is 11.3. The van der Waals surface area contributed by atoms with Crippen LogP contribution in [0.15, 0.2) is 0 Å². The number of aliphatic hydroxyl groups excluding tert-OH is 1. The minimum atomic E-state index is -0.499. The molecule has 1 fully saturated rings. The molecular weight excluding hydrogens is 182 g/mol. The van der Waals surface area contributed by atoms with Gasteiger partial charge in [-0.15, -0.1) is 0 Å². The number of aliphatic hydroxyl groups is 1. The Kier molecular flexibility index (Phi) is 4.36. The van der Waals surface area contributed by atoms with Gasteiger partial charge in [-0.05, 0) is 12.8 Å². The maximum atomic E-state index is 11.3. The molecule has 0 bridgehead atoms. The highest BCUT2D eigenvalue weighted by atomic mass is 16.3. The number of hydrogen-bond donors (Lipinski definition) is 3. The van der Waals surface area contributed by atoms with Gasteiger partial charge in [-0.1, -0.05) is 0 Å². The van der Waals surface area contributed by atoms with Crippen LogP contribution in [-0.4, -0.2) is 36.2 Å². The molecule has 1 rings (SSSR count). The Balaban J connectivity index is 2.17. The van der Waals surface area contributed by atoms with Gasteiger partial charge in [-0.25, -0.2) is 0 Å². The first-order chi connectivity index (χ1) is 6.76. The molecule has 0 saturated heterocycles. The third-order valence-corrected chi connectivity index (χ3v) is 1.99.